The smallest absolute Gasteiger partial charge is 0.0626 e. The fourth-order valence-corrected chi connectivity index (χ4v) is 13.2. The molecule has 69 heavy (non-hydrogen) atoms. The number of benzene rings is 8. The predicted molar refractivity (Wildman–Crippen MR) is 302 cm³/mol. The zero-order valence-corrected chi connectivity index (χ0v) is 39.7. The Morgan fingerprint density at radius 3 is 1.38 bits per heavy atom. The summed E-state index contributed by atoms with van der Waals surface area (Å²) in [4.78, 5) is 1.24. The number of fused-ring (bicyclic) bond motifs is 13. The van der Waals surface area contributed by atoms with Crippen molar-refractivity contribution in [3.8, 4) is 56.1 Å². The lowest BCUT2D eigenvalue weighted by Gasteiger charge is -2.23. The van der Waals surface area contributed by atoms with Crippen LogP contribution < -0.4 is 0 Å². The first-order chi connectivity index (χ1) is 34.1. The normalized spacial score (nSPS) is 13.5. The van der Waals surface area contributed by atoms with Gasteiger partial charge in [-0.05, 0) is 119 Å². The second kappa shape index (κ2) is 16.2. The van der Waals surface area contributed by atoms with Gasteiger partial charge < -0.3 is 9.13 Å². The summed E-state index contributed by atoms with van der Waals surface area (Å²) in [5.74, 6) is 0. The van der Waals surface area contributed by atoms with Crippen molar-refractivity contribution in [2.75, 3.05) is 0 Å². The maximum absolute atomic E-state index is 4.55. The highest BCUT2D eigenvalue weighted by atomic mass is 32.1. The van der Waals surface area contributed by atoms with Crippen LogP contribution in [-0.4, -0.2) is 9.13 Å². The third-order valence-electron chi connectivity index (χ3n) is 14.0. The van der Waals surface area contributed by atoms with Crippen molar-refractivity contribution < 1.29 is 0 Å². The standard InChI is InChI=1S/C65H44N2S2/c1-5-17-58-46(6-2)54-38-42(30-36-60(54)68-58)40-26-32-44(33-27-40)66-56-23-14-11-21-52(56)62-47(7-3)48(8-4)63-53-22-12-15-24-57(53)67(65(63)51-20-10-9-19-50(51)64(62)66)45-34-28-41(29-35-45)43-31-37-61-55(39-43)49-18-13-16-25-59(49)69-61/h5-39H,2-4H2,1H3/b17-5-,48-47-,62-47?,63-48?,64-50?,65-51?. The van der Waals surface area contributed by atoms with Gasteiger partial charge in [-0.3, -0.25) is 0 Å². The average molecular weight is 917 g/mol. The van der Waals surface area contributed by atoms with E-state index in [0.717, 1.165) is 83.5 Å². The van der Waals surface area contributed by atoms with Crippen LogP contribution in [0.2, 0.25) is 0 Å². The molecule has 0 saturated heterocycles. The first kappa shape index (κ1) is 41.0. The second-order valence-electron chi connectivity index (χ2n) is 17.6. The molecule has 4 heterocycles. The van der Waals surface area contributed by atoms with Gasteiger partial charge in [-0.1, -0.05) is 159 Å². The maximum Gasteiger partial charge on any atom is 0.0626 e. The molecule has 0 saturated carbocycles. The van der Waals surface area contributed by atoms with Crippen LogP contribution in [0.25, 0.3) is 132 Å². The van der Waals surface area contributed by atoms with E-state index in [1.165, 1.54) is 57.4 Å². The van der Waals surface area contributed by atoms with Gasteiger partial charge in [0.15, 0.2) is 0 Å². The minimum Gasteiger partial charge on any atom is -0.309 e. The highest BCUT2D eigenvalue weighted by Crippen LogP contribution is 2.52. The van der Waals surface area contributed by atoms with Gasteiger partial charge >= 0.3 is 0 Å². The number of aromatic nitrogens is 2. The van der Waals surface area contributed by atoms with Gasteiger partial charge in [0.1, 0.15) is 0 Å². The molecule has 4 heteroatoms. The van der Waals surface area contributed by atoms with Crippen LogP contribution in [0.3, 0.4) is 0 Å². The lowest BCUT2D eigenvalue weighted by molar-refractivity contribution is 1.12. The summed E-state index contributed by atoms with van der Waals surface area (Å²) >= 11 is 3.66. The minimum absolute atomic E-state index is 1.05. The summed E-state index contributed by atoms with van der Waals surface area (Å²) in [6.07, 6.45) is 10.4. The highest BCUT2D eigenvalue weighted by Gasteiger charge is 2.32. The Balaban J connectivity index is 1.01. The molecular formula is C65H44N2S2. The van der Waals surface area contributed by atoms with Crippen LogP contribution in [0, 0.1) is 0 Å². The predicted octanol–water partition coefficient (Wildman–Crippen LogP) is 19.1. The van der Waals surface area contributed by atoms with Crippen LogP contribution in [0.15, 0.2) is 220 Å². The maximum atomic E-state index is 4.55. The van der Waals surface area contributed by atoms with Crippen LogP contribution >= 0.6 is 22.7 Å². The first-order valence-corrected chi connectivity index (χ1v) is 25.0. The summed E-state index contributed by atoms with van der Waals surface area (Å²) in [7, 11) is 0. The van der Waals surface area contributed by atoms with E-state index in [1.54, 1.807) is 0 Å². The monoisotopic (exact) mass is 916 g/mol. The molecule has 2 nitrogen and oxygen atoms in total. The largest absolute Gasteiger partial charge is 0.309 e. The van der Waals surface area contributed by atoms with Crippen molar-refractivity contribution in [2.45, 2.75) is 6.92 Å². The van der Waals surface area contributed by atoms with E-state index in [4.69, 9.17) is 0 Å². The molecule has 0 amide bonds. The van der Waals surface area contributed by atoms with Crippen molar-refractivity contribution in [2.24, 2.45) is 0 Å². The fraction of sp³-hybridized carbons (Fsp3) is 0.0154. The van der Waals surface area contributed by atoms with Crippen LogP contribution in [0.1, 0.15) is 28.5 Å². The first-order valence-electron chi connectivity index (χ1n) is 23.4. The molecule has 0 atom stereocenters. The quantitative estimate of drug-likeness (QED) is 0.144. The zero-order valence-electron chi connectivity index (χ0n) is 38.0. The number of para-hydroxylation sites is 2. The average Bonchev–Trinajstić information content (AvgIpc) is 4.15. The Bertz CT molecular complexity index is 4180. The SMILES string of the molecule is C=C/C1=C(\C=C)c2c(n(-c3ccc(-c4ccc5sc6ccccc6c5c4)cc3)c3ccccc23)-c2ccccc2-c2c1c1ccccc1n2-c1ccc(-c2ccc3sc(/C=C\C)c(C=C)c3c2)cc1. The van der Waals surface area contributed by atoms with Crippen LogP contribution in [-0.2, 0) is 0 Å². The van der Waals surface area contributed by atoms with Gasteiger partial charge in [-0.2, -0.15) is 0 Å². The van der Waals surface area contributed by atoms with E-state index in [9.17, 15) is 0 Å². The molecule has 13 rings (SSSR count). The summed E-state index contributed by atoms with van der Waals surface area (Å²) in [6.45, 7) is 15.3. The van der Waals surface area contributed by atoms with E-state index < -0.39 is 0 Å². The molecule has 0 N–H and O–H groups in total. The summed E-state index contributed by atoms with van der Waals surface area (Å²) in [6, 6.07) is 67.1. The van der Waals surface area contributed by atoms with Crippen molar-refractivity contribution in [1.29, 1.82) is 0 Å². The lowest BCUT2D eigenvalue weighted by atomic mass is 9.84. The van der Waals surface area contributed by atoms with Gasteiger partial charge in [0.05, 0.1) is 22.4 Å². The molecule has 1 aliphatic carbocycles. The summed E-state index contributed by atoms with van der Waals surface area (Å²) < 4.78 is 8.81. The molecule has 8 aromatic carbocycles. The third kappa shape index (κ3) is 6.23. The molecule has 12 aromatic rings. The van der Waals surface area contributed by atoms with Crippen LogP contribution in [0.4, 0.5) is 0 Å². The molecule has 0 spiro atoms. The Morgan fingerprint density at radius 2 is 0.855 bits per heavy atom. The summed E-state index contributed by atoms with van der Waals surface area (Å²) in [5.41, 5.74) is 19.3. The van der Waals surface area contributed by atoms with Gasteiger partial charge in [0, 0.05) is 79.5 Å². The fourth-order valence-electron chi connectivity index (χ4n) is 11.0. The van der Waals surface area contributed by atoms with Crippen molar-refractivity contribution in [3.63, 3.8) is 0 Å². The number of rotatable bonds is 8. The lowest BCUT2D eigenvalue weighted by Crippen LogP contribution is -2.05. The highest BCUT2D eigenvalue weighted by molar-refractivity contribution is 7.25. The minimum atomic E-state index is 1.05. The molecule has 1 aliphatic rings. The Labute approximate surface area is 409 Å². The topological polar surface area (TPSA) is 9.86 Å². The van der Waals surface area contributed by atoms with E-state index in [-0.39, 0.29) is 0 Å². The Kier molecular flexibility index (Phi) is 9.62. The van der Waals surface area contributed by atoms with Crippen LogP contribution in [0.5, 0.6) is 0 Å². The van der Waals surface area contributed by atoms with E-state index in [1.807, 2.05) is 40.9 Å². The number of hydrogen-bond acceptors (Lipinski definition) is 2. The van der Waals surface area contributed by atoms with E-state index in [0.29, 0.717) is 0 Å². The molecule has 0 bridgehead atoms. The molecular weight excluding hydrogens is 873 g/mol. The summed E-state index contributed by atoms with van der Waals surface area (Å²) in [5, 5.41) is 6.17. The third-order valence-corrected chi connectivity index (χ3v) is 16.3. The van der Waals surface area contributed by atoms with E-state index in [2.05, 4.69) is 230 Å². The number of thiophene rings is 2. The molecule has 4 aromatic heterocycles. The zero-order chi connectivity index (χ0) is 46.3. The molecule has 0 radical (unpaired) electrons. The number of nitrogens with zero attached hydrogens (tertiary/aromatic N) is 2. The van der Waals surface area contributed by atoms with Gasteiger partial charge in [-0.25, -0.2) is 0 Å². The van der Waals surface area contributed by atoms with Gasteiger partial charge in [-0.15, -0.1) is 22.7 Å². The van der Waals surface area contributed by atoms with Crippen molar-refractivity contribution in [3.05, 3.63) is 242 Å². The number of hydrogen-bond donors (Lipinski definition) is 0. The Hall–Kier alpha value is -8.28. The number of allylic oxidation sites excluding steroid dienone is 5. The van der Waals surface area contributed by atoms with Crippen molar-refractivity contribution >= 4 is 98.0 Å². The van der Waals surface area contributed by atoms with Gasteiger partial charge in [0.25, 0.3) is 0 Å². The van der Waals surface area contributed by atoms with Gasteiger partial charge in [0.2, 0.25) is 0 Å². The van der Waals surface area contributed by atoms with Crippen molar-refractivity contribution in [1.82, 2.24) is 9.13 Å². The molecule has 0 unspecified atom stereocenters. The molecule has 0 aliphatic heterocycles. The Morgan fingerprint density at radius 1 is 0.406 bits per heavy atom. The second-order valence-corrected chi connectivity index (χ2v) is 19.8. The van der Waals surface area contributed by atoms with E-state index >= 15 is 0 Å². The molecule has 326 valence electrons. The molecule has 0 fully saturated rings.